The van der Waals surface area contributed by atoms with Gasteiger partial charge in [0.1, 0.15) is 5.75 Å². The Morgan fingerprint density at radius 3 is 2.41 bits per heavy atom. The highest BCUT2D eigenvalue weighted by molar-refractivity contribution is 6.32. The van der Waals surface area contributed by atoms with Crippen molar-refractivity contribution in [3.63, 3.8) is 0 Å². The normalized spacial score (nSPS) is 10.3. The van der Waals surface area contributed by atoms with E-state index in [4.69, 9.17) is 16.3 Å². The highest BCUT2D eigenvalue weighted by atomic mass is 35.5. The minimum Gasteiger partial charge on any atom is -0.482 e. The third-order valence-electron chi connectivity index (χ3n) is 3.96. The van der Waals surface area contributed by atoms with E-state index < -0.39 is 0 Å². The molecule has 0 bridgehead atoms. The van der Waals surface area contributed by atoms with Crippen molar-refractivity contribution < 1.29 is 9.53 Å². The largest absolute Gasteiger partial charge is 0.482 e. The quantitative estimate of drug-likeness (QED) is 0.586. The Morgan fingerprint density at radius 1 is 0.963 bits per heavy atom. The third kappa shape index (κ3) is 5.76. The summed E-state index contributed by atoms with van der Waals surface area (Å²) in [7, 11) is 0. The first kappa shape index (κ1) is 18.8. The standard InChI is InChI=1S/C22H21ClN2O2/c1-16-7-10-18(11-8-16)24-14-17-9-12-21(20(23)13-17)27-15-22(26)25-19-5-3-2-4-6-19/h2-13,24H,14-15H2,1H3,(H,25,26). The van der Waals surface area contributed by atoms with Gasteiger partial charge >= 0.3 is 0 Å². The van der Waals surface area contributed by atoms with Gasteiger partial charge in [-0.2, -0.15) is 0 Å². The molecule has 0 radical (unpaired) electrons. The molecule has 0 spiro atoms. The average molecular weight is 381 g/mol. The molecule has 3 rings (SSSR count). The molecule has 0 aliphatic heterocycles. The van der Waals surface area contributed by atoms with E-state index in [1.165, 1.54) is 5.56 Å². The first-order valence-electron chi connectivity index (χ1n) is 8.67. The zero-order chi connectivity index (χ0) is 19.1. The van der Waals surface area contributed by atoms with Crippen LogP contribution in [-0.4, -0.2) is 12.5 Å². The summed E-state index contributed by atoms with van der Waals surface area (Å²) in [5, 5.41) is 6.59. The van der Waals surface area contributed by atoms with E-state index in [0.717, 1.165) is 16.9 Å². The number of carbonyl (C=O) groups excluding carboxylic acids is 1. The molecule has 2 N–H and O–H groups in total. The predicted molar refractivity (Wildman–Crippen MR) is 111 cm³/mol. The van der Waals surface area contributed by atoms with Gasteiger partial charge in [-0.1, -0.05) is 53.6 Å². The fourth-order valence-corrected chi connectivity index (χ4v) is 2.77. The number of hydrogen-bond donors (Lipinski definition) is 2. The van der Waals surface area contributed by atoms with Crippen LogP contribution in [0.25, 0.3) is 0 Å². The van der Waals surface area contributed by atoms with E-state index in [1.807, 2.05) is 54.6 Å². The van der Waals surface area contributed by atoms with Crippen molar-refractivity contribution in [1.29, 1.82) is 0 Å². The number of carbonyl (C=O) groups is 1. The summed E-state index contributed by atoms with van der Waals surface area (Å²) in [4.78, 5) is 12.0. The summed E-state index contributed by atoms with van der Waals surface area (Å²) in [6, 6.07) is 23.0. The molecule has 0 atom stereocenters. The van der Waals surface area contributed by atoms with E-state index in [-0.39, 0.29) is 12.5 Å². The van der Waals surface area contributed by atoms with Gasteiger partial charge in [0.15, 0.2) is 6.61 Å². The number of anilines is 2. The lowest BCUT2D eigenvalue weighted by Crippen LogP contribution is -2.20. The van der Waals surface area contributed by atoms with Crippen LogP contribution in [0.5, 0.6) is 5.75 Å². The number of rotatable bonds is 7. The SMILES string of the molecule is Cc1ccc(NCc2ccc(OCC(=O)Nc3ccccc3)c(Cl)c2)cc1. The smallest absolute Gasteiger partial charge is 0.262 e. The van der Waals surface area contributed by atoms with Crippen LogP contribution in [0.1, 0.15) is 11.1 Å². The first-order chi connectivity index (χ1) is 13.1. The molecule has 27 heavy (non-hydrogen) atoms. The Kier molecular flexibility index (Phi) is 6.34. The van der Waals surface area contributed by atoms with E-state index in [0.29, 0.717) is 17.3 Å². The summed E-state index contributed by atoms with van der Waals surface area (Å²) < 4.78 is 5.54. The lowest BCUT2D eigenvalue weighted by molar-refractivity contribution is -0.118. The molecule has 3 aromatic carbocycles. The Bertz CT molecular complexity index is 896. The van der Waals surface area contributed by atoms with E-state index >= 15 is 0 Å². The number of amides is 1. The number of halogens is 1. The van der Waals surface area contributed by atoms with Gasteiger partial charge in [0.25, 0.3) is 5.91 Å². The topological polar surface area (TPSA) is 50.4 Å². The van der Waals surface area contributed by atoms with Crippen LogP contribution < -0.4 is 15.4 Å². The van der Waals surface area contributed by atoms with Gasteiger partial charge in [-0.25, -0.2) is 0 Å². The average Bonchev–Trinajstić information content (AvgIpc) is 2.67. The van der Waals surface area contributed by atoms with Crippen molar-refractivity contribution in [2.24, 2.45) is 0 Å². The van der Waals surface area contributed by atoms with E-state index in [1.54, 1.807) is 6.07 Å². The molecule has 0 unspecified atom stereocenters. The van der Waals surface area contributed by atoms with Crippen molar-refractivity contribution in [1.82, 2.24) is 0 Å². The van der Waals surface area contributed by atoms with Crippen molar-refractivity contribution >= 4 is 28.9 Å². The molecule has 0 aliphatic rings. The Hall–Kier alpha value is -2.98. The molecule has 3 aromatic rings. The molecular weight excluding hydrogens is 360 g/mol. The minimum atomic E-state index is -0.234. The van der Waals surface area contributed by atoms with Gasteiger partial charge in [0.05, 0.1) is 5.02 Å². The van der Waals surface area contributed by atoms with Crippen LogP contribution in [0.15, 0.2) is 72.8 Å². The number of benzene rings is 3. The summed E-state index contributed by atoms with van der Waals surface area (Å²) in [6.45, 7) is 2.61. The first-order valence-corrected chi connectivity index (χ1v) is 9.04. The lowest BCUT2D eigenvalue weighted by atomic mass is 10.2. The maximum absolute atomic E-state index is 12.0. The van der Waals surface area contributed by atoms with Gasteiger partial charge in [-0.05, 0) is 48.9 Å². The van der Waals surface area contributed by atoms with Crippen molar-refractivity contribution in [3.05, 3.63) is 88.9 Å². The second kappa shape index (κ2) is 9.10. The molecule has 4 nitrogen and oxygen atoms in total. The monoisotopic (exact) mass is 380 g/mol. The Balaban J connectivity index is 1.51. The zero-order valence-electron chi connectivity index (χ0n) is 15.0. The molecule has 0 fully saturated rings. The van der Waals surface area contributed by atoms with Gasteiger partial charge < -0.3 is 15.4 Å². The van der Waals surface area contributed by atoms with Crippen molar-refractivity contribution in [2.45, 2.75) is 13.5 Å². The van der Waals surface area contributed by atoms with Crippen molar-refractivity contribution in [3.8, 4) is 5.75 Å². The second-order valence-corrected chi connectivity index (χ2v) is 6.59. The van der Waals surface area contributed by atoms with E-state index in [2.05, 4.69) is 29.7 Å². The molecular formula is C22H21ClN2O2. The van der Waals surface area contributed by atoms with E-state index in [9.17, 15) is 4.79 Å². The number of nitrogens with one attached hydrogen (secondary N) is 2. The predicted octanol–water partition coefficient (Wildman–Crippen LogP) is 5.28. The Morgan fingerprint density at radius 2 is 1.70 bits per heavy atom. The number of para-hydroxylation sites is 1. The van der Waals surface area contributed by atoms with Gasteiger partial charge in [-0.3, -0.25) is 4.79 Å². The fourth-order valence-electron chi connectivity index (χ4n) is 2.51. The van der Waals surface area contributed by atoms with Crippen molar-refractivity contribution in [2.75, 3.05) is 17.2 Å². The van der Waals surface area contributed by atoms with Gasteiger partial charge in [0, 0.05) is 17.9 Å². The van der Waals surface area contributed by atoms with Crippen LogP contribution >= 0.6 is 11.6 Å². The molecule has 0 saturated carbocycles. The summed E-state index contributed by atoms with van der Waals surface area (Å²) in [5.41, 5.74) is 4.03. The number of aryl methyl sites for hydroxylation is 1. The highest BCUT2D eigenvalue weighted by Gasteiger charge is 2.07. The van der Waals surface area contributed by atoms with Crippen LogP contribution in [-0.2, 0) is 11.3 Å². The molecule has 1 amide bonds. The Labute approximate surface area is 164 Å². The number of hydrogen-bond acceptors (Lipinski definition) is 3. The number of ether oxygens (including phenoxy) is 1. The lowest BCUT2D eigenvalue weighted by Gasteiger charge is -2.11. The fraction of sp³-hybridized carbons (Fsp3) is 0.136. The molecule has 5 heteroatoms. The minimum absolute atomic E-state index is 0.102. The second-order valence-electron chi connectivity index (χ2n) is 6.19. The van der Waals surface area contributed by atoms with Crippen LogP contribution in [0, 0.1) is 6.92 Å². The van der Waals surface area contributed by atoms with Crippen LogP contribution in [0.4, 0.5) is 11.4 Å². The summed E-state index contributed by atoms with van der Waals surface area (Å²) >= 11 is 6.29. The molecule has 0 saturated heterocycles. The van der Waals surface area contributed by atoms with Gasteiger partial charge in [-0.15, -0.1) is 0 Å². The molecule has 0 aromatic heterocycles. The summed E-state index contributed by atoms with van der Waals surface area (Å²) in [5.74, 6) is 0.251. The van der Waals surface area contributed by atoms with Crippen LogP contribution in [0.2, 0.25) is 5.02 Å². The molecule has 138 valence electrons. The molecule has 0 heterocycles. The molecule has 0 aliphatic carbocycles. The maximum Gasteiger partial charge on any atom is 0.262 e. The summed E-state index contributed by atoms with van der Waals surface area (Å²) in [6.07, 6.45) is 0. The van der Waals surface area contributed by atoms with Gasteiger partial charge in [0.2, 0.25) is 0 Å². The highest BCUT2D eigenvalue weighted by Crippen LogP contribution is 2.26. The van der Waals surface area contributed by atoms with Crippen LogP contribution in [0.3, 0.4) is 0 Å². The zero-order valence-corrected chi connectivity index (χ0v) is 15.8. The maximum atomic E-state index is 12.0. The third-order valence-corrected chi connectivity index (χ3v) is 4.26.